The maximum atomic E-state index is 13.9. The van der Waals surface area contributed by atoms with Gasteiger partial charge in [-0.3, -0.25) is 0 Å². The predicted molar refractivity (Wildman–Crippen MR) is 98.3 cm³/mol. The first-order valence-electron chi connectivity index (χ1n) is 8.85. The van der Waals surface area contributed by atoms with E-state index in [4.69, 9.17) is 0 Å². The van der Waals surface area contributed by atoms with Crippen LogP contribution >= 0.6 is 0 Å². The number of rotatable bonds is 8. The van der Waals surface area contributed by atoms with Gasteiger partial charge in [-0.1, -0.05) is 68.8 Å². The third kappa shape index (κ3) is 5.30. The van der Waals surface area contributed by atoms with Crippen molar-refractivity contribution in [3.05, 3.63) is 76.6 Å². The van der Waals surface area contributed by atoms with E-state index >= 15 is 0 Å². The van der Waals surface area contributed by atoms with Crippen molar-refractivity contribution in [3.8, 4) is 0 Å². The quantitative estimate of drug-likeness (QED) is 0.498. The van der Waals surface area contributed by atoms with E-state index in [1.54, 1.807) is 12.1 Å². The molecule has 0 aliphatic heterocycles. The molecule has 0 radical (unpaired) electrons. The van der Waals surface area contributed by atoms with Crippen LogP contribution in [0.25, 0.3) is 5.83 Å². The van der Waals surface area contributed by atoms with Crippen LogP contribution in [-0.4, -0.2) is 0 Å². The highest BCUT2D eigenvalue weighted by Crippen LogP contribution is 2.24. The standard InChI is InChI=1S/C22H26F2/c1-3-5-17-7-9-18(10-8-17)11-12-19-13-15-20(16-14-19)22(24)21(23)6-4-2/h7-10,13-16H,3-6,11-12H2,1-2H3/b22-21+. The molecule has 128 valence electrons. The second kappa shape index (κ2) is 9.36. The zero-order valence-corrected chi connectivity index (χ0v) is 14.6. The molecule has 2 rings (SSSR count). The first kappa shape index (κ1) is 18.4. The van der Waals surface area contributed by atoms with E-state index < -0.39 is 11.7 Å². The second-order valence-electron chi connectivity index (χ2n) is 6.23. The van der Waals surface area contributed by atoms with Gasteiger partial charge < -0.3 is 0 Å². The SMILES string of the molecule is CCC/C(F)=C(\F)c1ccc(CCc2ccc(CCC)cc2)cc1. The molecular formula is C22H26F2. The third-order valence-electron chi connectivity index (χ3n) is 4.18. The molecule has 0 saturated heterocycles. The van der Waals surface area contributed by atoms with Gasteiger partial charge in [0.2, 0.25) is 0 Å². The summed E-state index contributed by atoms with van der Waals surface area (Å²) in [5.74, 6) is -1.38. The van der Waals surface area contributed by atoms with E-state index in [2.05, 4.69) is 31.2 Å². The van der Waals surface area contributed by atoms with E-state index in [9.17, 15) is 8.78 Å². The van der Waals surface area contributed by atoms with Crippen molar-refractivity contribution in [2.24, 2.45) is 0 Å². The van der Waals surface area contributed by atoms with Gasteiger partial charge in [0.15, 0.2) is 5.83 Å². The molecule has 0 aliphatic carbocycles. The van der Waals surface area contributed by atoms with E-state index in [0.717, 1.165) is 31.2 Å². The van der Waals surface area contributed by atoms with Crippen LogP contribution < -0.4 is 0 Å². The first-order valence-corrected chi connectivity index (χ1v) is 8.85. The molecule has 0 fully saturated rings. The van der Waals surface area contributed by atoms with Crippen molar-refractivity contribution in [1.29, 1.82) is 0 Å². The van der Waals surface area contributed by atoms with Gasteiger partial charge in [0.25, 0.3) is 0 Å². The van der Waals surface area contributed by atoms with Gasteiger partial charge in [0.05, 0.1) is 0 Å². The minimum Gasteiger partial charge on any atom is -0.209 e. The lowest BCUT2D eigenvalue weighted by Crippen LogP contribution is -1.93. The lowest BCUT2D eigenvalue weighted by molar-refractivity contribution is 0.559. The molecule has 0 saturated carbocycles. The summed E-state index contributed by atoms with van der Waals surface area (Å²) in [4.78, 5) is 0. The molecule has 0 atom stereocenters. The fraction of sp³-hybridized carbons (Fsp3) is 0.364. The van der Waals surface area contributed by atoms with Gasteiger partial charge in [-0.2, -0.15) is 0 Å². The lowest BCUT2D eigenvalue weighted by atomic mass is 10.0. The molecule has 0 unspecified atom stereocenters. The van der Waals surface area contributed by atoms with Gasteiger partial charge in [-0.25, -0.2) is 8.78 Å². The highest BCUT2D eigenvalue weighted by atomic mass is 19.2. The number of hydrogen-bond donors (Lipinski definition) is 0. The van der Waals surface area contributed by atoms with Crippen LogP contribution in [0.15, 0.2) is 54.4 Å². The number of benzene rings is 2. The summed E-state index contributed by atoms with van der Waals surface area (Å²) in [6.45, 7) is 4.02. The number of allylic oxidation sites excluding steroid dienone is 1. The Labute approximate surface area is 144 Å². The lowest BCUT2D eigenvalue weighted by Gasteiger charge is -2.06. The second-order valence-corrected chi connectivity index (χ2v) is 6.23. The minimum absolute atomic E-state index is 0.154. The third-order valence-corrected chi connectivity index (χ3v) is 4.18. The molecule has 0 aliphatic rings. The van der Waals surface area contributed by atoms with Crippen LogP contribution in [-0.2, 0) is 19.3 Å². The summed E-state index contributed by atoms with van der Waals surface area (Å²) in [7, 11) is 0. The summed E-state index contributed by atoms with van der Waals surface area (Å²) in [6, 6.07) is 15.9. The van der Waals surface area contributed by atoms with E-state index in [1.165, 1.54) is 11.1 Å². The number of aryl methyl sites for hydroxylation is 3. The molecule has 0 heterocycles. The Morgan fingerprint density at radius 2 is 1.12 bits per heavy atom. The number of hydrogen-bond acceptors (Lipinski definition) is 0. The van der Waals surface area contributed by atoms with Gasteiger partial charge in [0, 0.05) is 12.0 Å². The predicted octanol–water partition coefficient (Wildman–Crippen LogP) is 6.83. The Kier molecular flexibility index (Phi) is 7.17. The number of halogens is 2. The molecule has 0 aromatic heterocycles. The topological polar surface area (TPSA) is 0 Å². The zero-order chi connectivity index (χ0) is 17.4. The summed E-state index contributed by atoms with van der Waals surface area (Å²) in [5, 5.41) is 0. The molecule has 2 aromatic rings. The van der Waals surface area contributed by atoms with Gasteiger partial charge in [-0.05, 0) is 42.4 Å². The van der Waals surface area contributed by atoms with Crippen LogP contribution in [0.1, 0.15) is 55.4 Å². The Bertz CT molecular complexity index is 651. The average Bonchev–Trinajstić information content (AvgIpc) is 2.61. The Morgan fingerprint density at radius 3 is 1.58 bits per heavy atom. The average molecular weight is 328 g/mol. The van der Waals surface area contributed by atoms with Gasteiger partial charge in [0.1, 0.15) is 5.83 Å². The van der Waals surface area contributed by atoms with Crippen molar-refractivity contribution < 1.29 is 8.78 Å². The van der Waals surface area contributed by atoms with E-state index in [0.29, 0.717) is 12.0 Å². The minimum atomic E-state index is -0.727. The van der Waals surface area contributed by atoms with Crippen LogP contribution in [0, 0.1) is 0 Å². The zero-order valence-electron chi connectivity index (χ0n) is 14.6. The van der Waals surface area contributed by atoms with Crippen molar-refractivity contribution in [2.75, 3.05) is 0 Å². The first-order chi connectivity index (χ1) is 11.6. The Hall–Kier alpha value is -1.96. The van der Waals surface area contributed by atoms with Crippen LogP contribution in [0.3, 0.4) is 0 Å². The molecule has 0 spiro atoms. The fourth-order valence-electron chi connectivity index (χ4n) is 2.75. The summed E-state index contributed by atoms with van der Waals surface area (Å²) >= 11 is 0. The molecule has 24 heavy (non-hydrogen) atoms. The molecule has 2 aromatic carbocycles. The monoisotopic (exact) mass is 328 g/mol. The molecule has 0 amide bonds. The van der Waals surface area contributed by atoms with Crippen LogP contribution in [0.4, 0.5) is 8.78 Å². The van der Waals surface area contributed by atoms with E-state index in [-0.39, 0.29) is 6.42 Å². The van der Waals surface area contributed by atoms with Gasteiger partial charge >= 0.3 is 0 Å². The maximum absolute atomic E-state index is 13.9. The maximum Gasteiger partial charge on any atom is 0.161 e. The normalized spacial score (nSPS) is 12.2. The van der Waals surface area contributed by atoms with Crippen molar-refractivity contribution in [1.82, 2.24) is 0 Å². The van der Waals surface area contributed by atoms with Gasteiger partial charge in [-0.15, -0.1) is 0 Å². The highest BCUT2D eigenvalue weighted by Gasteiger charge is 2.08. The highest BCUT2D eigenvalue weighted by molar-refractivity contribution is 5.61. The smallest absolute Gasteiger partial charge is 0.161 e. The van der Waals surface area contributed by atoms with E-state index in [1.807, 2.05) is 19.1 Å². The largest absolute Gasteiger partial charge is 0.209 e. The summed E-state index contributed by atoms with van der Waals surface area (Å²) < 4.78 is 27.4. The molecule has 2 heteroatoms. The molecular weight excluding hydrogens is 302 g/mol. The fourth-order valence-corrected chi connectivity index (χ4v) is 2.75. The van der Waals surface area contributed by atoms with Crippen molar-refractivity contribution in [2.45, 2.75) is 52.4 Å². The van der Waals surface area contributed by atoms with Crippen molar-refractivity contribution in [3.63, 3.8) is 0 Å². The summed E-state index contributed by atoms with van der Waals surface area (Å²) in [6.07, 6.45) is 4.89. The van der Waals surface area contributed by atoms with Crippen LogP contribution in [0.5, 0.6) is 0 Å². The Balaban J connectivity index is 1.95. The molecule has 0 bridgehead atoms. The van der Waals surface area contributed by atoms with Crippen molar-refractivity contribution >= 4 is 5.83 Å². The summed E-state index contributed by atoms with van der Waals surface area (Å²) in [5.41, 5.74) is 4.15. The Morgan fingerprint density at radius 1 is 0.667 bits per heavy atom. The molecule has 0 nitrogen and oxygen atoms in total. The van der Waals surface area contributed by atoms with Crippen LogP contribution in [0.2, 0.25) is 0 Å². The molecule has 0 N–H and O–H groups in total.